The van der Waals surface area contributed by atoms with Gasteiger partial charge >= 0.3 is 5.97 Å². The fourth-order valence-corrected chi connectivity index (χ4v) is 1.92. The number of ether oxygens (including phenoxy) is 1. The van der Waals surface area contributed by atoms with Gasteiger partial charge in [-0.1, -0.05) is 30.3 Å². The van der Waals surface area contributed by atoms with Crippen molar-refractivity contribution in [1.29, 1.82) is 0 Å². The van der Waals surface area contributed by atoms with Gasteiger partial charge in [-0.15, -0.1) is 0 Å². The van der Waals surface area contributed by atoms with E-state index in [1.54, 1.807) is 17.0 Å². The number of likely N-dealkylation sites (N-methyl/N-ethyl adjacent to an activating group) is 1. The molecule has 1 N–H and O–H groups in total. The summed E-state index contributed by atoms with van der Waals surface area (Å²) in [5, 5.41) is 2.43. The summed E-state index contributed by atoms with van der Waals surface area (Å²) in [6, 6.07) is 9.04. The molecule has 1 aromatic carbocycles. The molecule has 6 nitrogen and oxygen atoms in total. The van der Waals surface area contributed by atoms with Crippen molar-refractivity contribution in [1.82, 2.24) is 10.2 Å². The number of benzene rings is 1. The normalized spacial score (nSPS) is 10.8. The van der Waals surface area contributed by atoms with Crippen molar-refractivity contribution in [3.05, 3.63) is 41.6 Å². The molecule has 0 fully saturated rings. The van der Waals surface area contributed by atoms with Crippen molar-refractivity contribution in [3.8, 4) is 0 Å². The minimum Gasteiger partial charge on any atom is -0.451 e. The van der Waals surface area contributed by atoms with Crippen LogP contribution in [0.2, 0.25) is 0 Å². The lowest BCUT2D eigenvalue weighted by molar-refractivity contribution is -0.149. The lowest BCUT2D eigenvalue weighted by Gasteiger charge is -2.18. The first-order valence-corrected chi connectivity index (χ1v) is 7.47. The van der Waals surface area contributed by atoms with Gasteiger partial charge in [0.2, 0.25) is 5.91 Å². The molecule has 0 aromatic heterocycles. The summed E-state index contributed by atoms with van der Waals surface area (Å²) in [6.07, 6.45) is 1.51. The summed E-state index contributed by atoms with van der Waals surface area (Å²) in [4.78, 5) is 36.8. The van der Waals surface area contributed by atoms with Crippen LogP contribution in [0.25, 0.3) is 6.08 Å². The standard InChI is InChI=1S/C17H22N2O4/c1-4-19(5-2)16(21)12-23-17(22)15(18-13(3)20)11-14-9-7-6-8-10-14/h6-11H,4-5,12H2,1-3H3,(H,18,20)/b15-11-. The number of rotatable bonds is 7. The minimum atomic E-state index is -0.746. The molecule has 1 aromatic rings. The second-order valence-corrected chi connectivity index (χ2v) is 4.79. The number of amides is 2. The van der Waals surface area contributed by atoms with Crippen LogP contribution in [0.15, 0.2) is 36.0 Å². The van der Waals surface area contributed by atoms with Gasteiger partial charge < -0.3 is 15.0 Å². The van der Waals surface area contributed by atoms with Gasteiger partial charge in [0.05, 0.1) is 0 Å². The van der Waals surface area contributed by atoms with Crippen LogP contribution in [-0.2, 0) is 19.1 Å². The first-order chi connectivity index (χ1) is 11.0. The van der Waals surface area contributed by atoms with Crippen LogP contribution in [0, 0.1) is 0 Å². The van der Waals surface area contributed by atoms with Crippen LogP contribution in [0.3, 0.4) is 0 Å². The molecule has 0 radical (unpaired) electrons. The van der Waals surface area contributed by atoms with Crippen molar-refractivity contribution in [2.24, 2.45) is 0 Å². The molecular formula is C17H22N2O4. The highest BCUT2D eigenvalue weighted by Gasteiger charge is 2.16. The van der Waals surface area contributed by atoms with Crippen LogP contribution in [0.5, 0.6) is 0 Å². The van der Waals surface area contributed by atoms with Crippen LogP contribution in [-0.4, -0.2) is 42.4 Å². The minimum absolute atomic E-state index is 0.00366. The Morgan fingerprint density at radius 2 is 1.74 bits per heavy atom. The summed E-state index contributed by atoms with van der Waals surface area (Å²) in [7, 11) is 0. The molecule has 0 aliphatic rings. The number of nitrogens with one attached hydrogen (secondary N) is 1. The number of carbonyl (C=O) groups excluding carboxylic acids is 3. The summed E-state index contributed by atoms with van der Waals surface area (Å²) < 4.78 is 5.01. The van der Waals surface area contributed by atoms with E-state index in [2.05, 4.69) is 5.32 Å². The van der Waals surface area contributed by atoms with Crippen molar-refractivity contribution < 1.29 is 19.1 Å². The van der Waals surface area contributed by atoms with Crippen molar-refractivity contribution in [2.75, 3.05) is 19.7 Å². The van der Waals surface area contributed by atoms with Crippen LogP contribution < -0.4 is 5.32 Å². The van der Waals surface area contributed by atoms with Crippen LogP contribution >= 0.6 is 0 Å². The highest BCUT2D eigenvalue weighted by Crippen LogP contribution is 2.06. The number of esters is 1. The molecule has 0 bridgehead atoms. The van der Waals surface area contributed by atoms with Crippen molar-refractivity contribution in [3.63, 3.8) is 0 Å². The summed E-state index contributed by atoms with van der Waals surface area (Å²) in [6.45, 7) is 5.73. The maximum atomic E-state index is 12.1. The Labute approximate surface area is 136 Å². The highest BCUT2D eigenvalue weighted by atomic mass is 16.5. The average Bonchev–Trinajstić information content (AvgIpc) is 2.53. The molecule has 0 aliphatic heterocycles. The molecule has 2 amide bonds. The molecule has 0 aliphatic carbocycles. The maximum absolute atomic E-state index is 12.1. The van der Waals surface area contributed by atoms with E-state index in [0.29, 0.717) is 13.1 Å². The summed E-state index contributed by atoms with van der Waals surface area (Å²) in [5.74, 6) is -1.41. The molecule has 0 unspecified atom stereocenters. The van der Waals surface area contributed by atoms with E-state index in [1.165, 1.54) is 13.0 Å². The number of hydrogen-bond acceptors (Lipinski definition) is 4. The van der Waals surface area contributed by atoms with Crippen LogP contribution in [0.1, 0.15) is 26.3 Å². The predicted molar refractivity (Wildman–Crippen MR) is 87.1 cm³/mol. The summed E-state index contributed by atoms with van der Waals surface area (Å²) >= 11 is 0. The van der Waals surface area contributed by atoms with Gasteiger partial charge in [0.1, 0.15) is 5.70 Å². The first-order valence-electron chi connectivity index (χ1n) is 7.47. The Hall–Kier alpha value is -2.63. The third-order valence-electron chi connectivity index (χ3n) is 3.08. The third kappa shape index (κ3) is 6.34. The average molecular weight is 318 g/mol. The molecular weight excluding hydrogens is 296 g/mol. The Balaban J connectivity index is 2.79. The van der Waals surface area contributed by atoms with E-state index in [0.717, 1.165) is 5.56 Å². The lowest BCUT2D eigenvalue weighted by atomic mass is 10.2. The van der Waals surface area contributed by atoms with Gasteiger partial charge in [0.15, 0.2) is 6.61 Å². The molecule has 0 saturated carbocycles. The Morgan fingerprint density at radius 1 is 1.13 bits per heavy atom. The fraction of sp³-hybridized carbons (Fsp3) is 0.353. The van der Waals surface area contributed by atoms with Gasteiger partial charge in [-0.3, -0.25) is 9.59 Å². The van der Waals surface area contributed by atoms with E-state index < -0.39 is 5.97 Å². The van der Waals surface area contributed by atoms with Gasteiger partial charge in [-0.25, -0.2) is 4.79 Å². The number of hydrogen-bond donors (Lipinski definition) is 1. The fourth-order valence-electron chi connectivity index (χ4n) is 1.92. The molecule has 6 heteroatoms. The molecule has 0 heterocycles. The van der Waals surface area contributed by atoms with E-state index in [9.17, 15) is 14.4 Å². The topological polar surface area (TPSA) is 75.7 Å². The van der Waals surface area contributed by atoms with E-state index in [4.69, 9.17) is 4.74 Å². The zero-order valence-electron chi connectivity index (χ0n) is 13.7. The van der Waals surface area contributed by atoms with E-state index in [1.807, 2.05) is 32.0 Å². The quantitative estimate of drug-likeness (QED) is 0.612. The molecule has 124 valence electrons. The molecule has 0 saturated heterocycles. The van der Waals surface area contributed by atoms with Gasteiger partial charge in [0, 0.05) is 20.0 Å². The molecule has 0 atom stereocenters. The smallest absolute Gasteiger partial charge is 0.355 e. The zero-order valence-corrected chi connectivity index (χ0v) is 13.7. The largest absolute Gasteiger partial charge is 0.451 e. The molecule has 0 spiro atoms. The Morgan fingerprint density at radius 3 is 2.26 bits per heavy atom. The van der Waals surface area contributed by atoms with Gasteiger partial charge in [-0.05, 0) is 25.5 Å². The first kappa shape index (κ1) is 18.4. The van der Waals surface area contributed by atoms with E-state index in [-0.39, 0.29) is 24.1 Å². The van der Waals surface area contributed by atoms with Gasteiger partial charge in [0.25, 0.3) is 5.91 Å². The third-order valence-corrected chi connectivity index (χ3v) is 3.08. The summed E-state index contributed by atoms with van der Waals surface area (Å²) in [5.41, 5.74) is 0.735. The predicted octanol–water partition coefficient (Wildman–Crippen LogP) is 1.58. The lowest BCUT2D eigenvalue weighted by Crippen LogP contribution is -2.35. The zero-order chi connectivity index (χ0) is 17.2. The van der Waals surface area contributed by atoms with Crippen molar-refractivity contribution in [2.45, 2.75) is 20.8 Å². The molecule has 23 heavy (non-hydrogen) atoms. The highest BCUT2D eigenvalue weighted by molar-refractivity contribution is 5.98. The van der Waals surface area contributed by atoms with Crippen molar-refractivity contribution >= 4 is 23.9 Å². The maximum Gasteiger partial charge on any atom is 0.355 e. The second-order valence-electron chi connectivity index (χ2n) is 4.79. The Kier molecular flexibility index (Phi) is 7.53. The number of nitrogens with zero attached hydrogens (tertiary/aromatic N) is 1. The Bertz CT molecular complexity index is 578. The van der Waals surface area contributed by atoms with Crippen LogP contribution in [0.4, 0.5) is 0 Å². The van der Waals surface area contributed by atoms with Gasteiger partial charge in [-0.2, -0.15) is 0 Å². The van der Waals surface area contributed by atoms with E-state index >= 15 is 0 Å². The number of carbonyl (C=O) groups is 3. The molecule has 1 rings (SSSR count). The monoisotopic (exact) mass is 318 g/mol. The second kappa shape index (κ2) is 9.40. The SMILES string of the molecule is CCN(CC)C(=O)COC(=O)/C(=C/c1ccccc1)NC(C)=O.